The number of hydrogen-bond donors (Lipinski definition) is 3. The van der Waals surface area contributed by atoms with Gasteiger partial charge in [0.25, 0.3) is 17.0 Å². The number of nitrogens with one attached hydrogen (secondary N) is 3. The van der Waals surface area contributed by atoms with Crippen LogP contribution in [0.25, 0.3) is 10.8 Å². The van der Waals surface area contributed by atoms with Crippen LogP contribution >= 0.6 is 0 Å². The number of hydrogen-bond acceptors (Lipinski definition) is 5. The van der Waals surface area contributed by atoms with E-state index in [9.17, 15) is 14.4 Å². The lowest BCUT2D eigenvalue weighted by Gasteiger charge is -2.11. The van der Waals surface area contributed by atoms with Gasteiger partial charge in [-0.2, -0.15) is 0 Å². The molecular formula is C17H15N3O5. The number of rotatable bonds is 5. The Kier molecular flexibility index (Phi) is 4.51. The zero-order valence-corrected chi connectivity index (χ0v) is 13.3. The normalized spacial score (nSPS) is 10.4. The van der Waals surface area contributed by atoms with Gasteiger partial charge in [0.05, 0.1) is 23.6 Å². The number of H-pyrrole nitrogens is 2. The molecule has 0 saturated heterocycles. The van der Waals surface area contributed by atoms with Crippen molar-refractivity contribution >= 4 is 22.4 Å². The summed E-state index contributed by atoms with van der Waals surface area (Å²) < 4.78 is 10.6. The second-order valence-electron chi connectivity index (χ2n) is 5.12. The second kappa shape index (κ2) is 6.91. The lowest BCUT2D eigenvalue weighted by atomic mass is 10.1. The average molecular weight is 341 g/mol. The highest BCUT2D eigenvalue weighted by Gasteiger charge is 2.12. The molecule has 1 amide bonds. The molecule has 128 valence electrons. The monoisotopic (exact) mass is 341 g/mol. The largest absolute Gasteiger partial charge is 0.493 e. The molecular weight excluding hydrogens is 326 g/mol. The van der Waals surface area contributed by atoms with Crippen LogP contribution in [0.1, 0.15) is 0 Å². The van der Waals surface area contributed by atoms with Crippen molar-refractivity contribution in [3.63, 3.8) is 0 Å². The summed E-state index contributed by atoms with van der Waals surface area (Å²) in [6, 6.07) is 11.5. The number of amides is 1. The molecule has 1 heterocycles. The summed E-state index contributed by atoms with van der Waals surface area (Å²) in [7, 11) is 1.50. The zero-order valence-electron chi connectivity index (χ0n) is 13.3. The summed E-state index contributed by atoms with van der Waals surface area (Å²) >= 11 is 0. The third-order valence-electron chi connectivity index (χ3n) is 3.53. The van der Waals surface area contributed by atoms with Gasteiger partial charge >= 0.3 is 0 Å². The Morgan fingerprint density at radius 3 is 2.48 bits per heavy atom. The number of ether oxygens (including phenoxy) is 2. The first-order valence-corrected chi connectivity index (χ1v) is 7.39. The Morgan fingerprint density at radius 1 is 1.00 bits per heavy atom. The Morgan fingerprint density at radius 2 is 1.72 bits per heavy atom. The van der Waals surface area contributed by atoms with Gasteiger partial charge in [0.1, 0.15) is 0 Å². The van der Waals surface area contributed by atoms with Crippen molar-refractivity contribution in [1.29, 1.82) is 0 Å². The van der Waals surface area contributed by atoms with Crippen LogP contribution in [0.15, 0.2) is 52.1 Å². The molecule has 0 aliphatic carbocycles. The molecule has 0 aliphatic heterocycles. The van der Waals surface area contributed by atoms with E-state index >= 15 is 0 Å². The van der Waals surface area contributed by atoms with Crippen molar-refractivity contribution in [2.75, 3.05) is 19.0 Å². The predicted octanol–water partition coefficient (Wildman–Crippen LogP) is 1.24. The SMILES string of the molecule is COc1ccccc1OCC(=O)Nc1cccc2c(=O)[nH][nH]c(=O)c12. The van der Waals surface area contributed by atoms with E-state index in [0.29, 0.717) is 11.5 Å². The molecule has 8 heteroatoms. The van der Waals surface area contributed by atoms with Crippen molar-refractivity contribution in [2.24, 2.45) is 0 Å². The van der Waals surface area contributed by atoms with Crippen LogP contribution in [0.2, 0.25) is 0 Å². The van der Waals surface area contributed by atoms with Crippen molar-refractivity contribution in [1.82, 2.24) is 10.2 Å². The van der Waals surface area contributed by atoms with Crippen LogP contribution in [0.5, 0.6) is 11.5 Å². The first-order chi connectivity index (χ1) is 12.1. The Bertz CT molecular complexity index is 1040. The fraction of sp³-hybridized carbons (Fsp3) is 0.118. The Labute approximate surface area is 141 Å². The maximum Gasteiger partial charge on any atom is 0.272 e. The fourth-order valence-corrected chi connectivity index (χ4v) is 2.40. The number of para-hydroxylation sites is 2. The summed E-state index contributed by atoms with van der Waals surface area (Å²) in [6.45, 7) is -0.280. The number of anilines is 1. The third-order valence-corrected chi connectivity index (χ3v) is 3.53. The topological polar surface area (TPSA) is 113 Å². The molecule has 1 aromatic heterocycles. The second-order valence-corrected chi connectivity index (χ2v) is 5.12. The van der Waals surface area contributed by atoms with E-state index in [-0.39, 0.29) is 23.1 Å². The fourth-order valence-electron chi connectivity index (χ4n) is 2.40. The standard InChI is InChI=1S/C17H15N3O5/c1-24-12-7-2-3-8-13(12)25-9-14(21)18-11-6-4-5-10-15(11)17(23)20-19-16(10)22/h2-8H,9H2,1H3,(H,18,21)(H,19,22)(H,20,23). The molecule has 2 aromatic carbocycles. The molecule has 0 unspecified atom stereocenters. The maximum atomic E-state index is 12.2. The lowest BCUT2D eigenvalue weighted by molar-refractivity contribution is -0.118. The van der Waals surface area contributed by atoms with E-state index < -0.39 is 17.0 Å². The van der Waals surface area contributed by atoms with Crippen LogP contribution in [0.4, 0.5) is 5.69 Å². The smallest absolute Gasteiger partial charge is 0.272 e. The molecule has 3 N–H and O–H groups in total. The highest BCUT2D eigenvalue weighted by atomic mass is 16.5. The van der Waals surface area contributed by atoms with E-state index in [4.69, 9.17) is 9.47 Å². The quantitative estimate of drug-likeness (QED) is 0.646. The number of aromatic nitrogens is 2. The van der Waals surface area contributed by atoms with Gasteiger partial charge in [-0.15, -0.1) is 0 Å². The Hall–Kier alpha value is -3.55. The minimum absolute atomic E-state index is 0.108. The minimum Gasteiger partial charge on any atom is -0.493 e. The molecule has 3 aromatic rings. The minimum atomic E-state index is -0.504. The molecule has 0 bridgehead atoms. The van der Waals surface area contributed by atoms with Gasteiger partial charge in [-0.25, -0.2) is 0 Å². The number of methoxy groups -OCH3 is 1. The van der Waals surface area contributed by atoms with E-state index in [1.807, 2.05) is 0 Å². The zero-order chi connectivity index (χ0) is 17.8. The summed E-state index contributed by atoms with van der Waals surface area (Å²) in [6.07, 6.45) is 0. The molecule has 0 aliphatic rings. The first-order valence-electron chi connectivity index (χ1n) is 7.39. The molecule has 0 saturated carbocycles. The maximum absolute atomic E-state index is 12.2. The van der Waals surface area contributed by atoms with Crippen LogP contribution in [-0.2, 0) is 4.79 Å². The average Bonchev–Trinajstić information content (AvgIpc) is 2.63. The van der Waals surface area contributed by atoms with E-state index in [1.165, 1.54) is 19.2 Å². The van der Waals surface area contributed by atoms with Gasteiger partial charge in [0.15, 0.2) is 18.1 Å². The number of aromatic amines is 2. The van der Waals surface area contributed by atoms with Gasteiger partial charge < -0.3 is 14.8 Å². The van der Waals surface area contributed by atoms with E-state index in [2.05, 4.69) is 15.5 Å². The molecule has 0 spiro atoms. The predicted molar refractivity (Wildman–Crippen MR) is 92.3 cm³/mol. The number of benzene rings is 2. The molecule has 3 rings (SSSR count). The van der Waals surface area contributed by atoms with Gasteiger partial charge in [-0.05, 0) is 24.3 Å². The number of carbonyl (C=O) groups is 1. The van der Waals surface area contributed by atoms with Crippen LogP contribution in [-0.4, -0.2) is 29.8 Å². The van der Waals surface area contributed by atoms with Crippen LogP contribution in [0.3, 0.4) is 0 Å². The lowest BCUT2D eigenvalue weighted by Crippen LogP contribution is -2.24. The Balaban J connectivity index is 1.80. The molecule has 0 fully saturated rings. The van der Waals surface area contributed by atoms with Crippen LogP contribution < -0.4 is 25.9 Å². The van der Waals surface area contributed by atoms with E-state index in [0.717, 1.165) is 0 Å². The highest BCUT2D eigenvalue weighted by Crippen LogP contribution is 2.25. The molecule has 25 heavy (non-hydrogen) atoms. The van der Waals surface area contributed by atoms with E-state index in [1.54, 1.807) is 30.3 Å². The van der Waals surface area contributed by atoms with Gasteiger partial charge in [-0.3, -0.25) is 24.6 Å². The summed E-state index contributed by atoms with van der Waals surface area (Å²) in [5.41, 5.74) is -0.717. The first kappa shape index (κ1) is 16.3. The van der Waals surface area contributed by atoms with Gasteiger partial charge in [0, 0.05) is 0 Å². The molecule has 8 nitrogen and oxygen atoms in total. The number of carbonyl (C=O) groups excluding carboxylic acids is 1. The highest BCUT2D eigenvalue weighted by molar-refractivity contribution is 6.01. The molecule has 0 atom stereocenters. The summed E-state index contributed by atoms with van der Waals surface area (Å²) in [5, 5.41) is 7.35. The van der Waals surface area contributed by atoms with Crippen molar-refractivity contribution in [3.05, 3.63) is 63.2 Å². The van der Waals surface area contributed by atoms with Crippen molar-refractivity contribution in [3.8, 4) is 11.5 Å². The summed E-state index contributed by atoms with van der Waals surface area (Å²) in [5.74, 6) is 0.453. The third kappa shape index (κ3) is 3.37. The van der Waals surface area contributed by atoms with Crippen molar-refractivity contribution < 1.29 is 14.3 Å². The summed E-state index contributed by atoms with van der Waals surface area (Å²) in [4.78, 5) is 35.9. The van der Waals surface area contributed by atoms with Gasteiger partial charge in [-0.1, -0.05) is 18.2 Å². The van der Waals surface area contributed by atoms with Crippen molar-refractivity contribution in [2.45, 2.75) is 0 Å². The number of fused-ring (bicyclic) bond motifs is 1. The molecule has 0 radical (unpaired) electrons. The van der Waals surface area contributed by atoms with Crippen LogP contribution in [0, 0.1) is 0 Å². The van der Waals surface area contributed by atoms with Gasteiger partial charge in [0.2, 0.25) is 0 Å².